The van der Waals surface area contributed by atoms with Gasteiger partial charge in [0.1, 0.15) is 12.4 Å². The number of hydrogen-bond acceptors (Lipinski definition) is 7. The molecule has 0 radical (unpaired) electrons. The van der Waals surface area contributed by atoms with Crippen molar-refractivity contribution >= 4 is 23.1 Å². The summed E-state index contributed by atoms with van der Waals surface area (Å²) < 4.78 is 12.6. The van der Waals surface area contributed by atoms with Gasteiger partial charge in [-0.15, -0.1) is 15.3 Å². The normalized spacial score (nSPS) is 15.4. The number of ether oxygens (including phenoxy) is 2. The van der Waals surface area contributed by atoms with Crippen LogP contribution in [0.25, 0.3) is 17.0 Å². The van der Waals surface area contributed by atoms with E-state index in [0.29, 0.717) is 29.6 Å². The van der Waals surface area contributed by atoms with Crippen molar-refractivity contribution in [1.82, 2.24) is 25.1 Å². The van der Waals surface area contributed by atoms with E-state index in [0.717, 1.165) is 11.3 Å². The van der Waals surface area contributed by atoms with Crippen molar-refractivity contribution in [2.24, 2.45) is 5.92 Å². The highest BCUT2D eigenvalue weighted by molar-refractivity contribution is 6.00. The van der Waals surface area contributed by atoms with Gasteiger partial charge in [0.05, 0.1) is 19.6 Å². The molecule has 0 saturated carbocycles. The molecular formula is C25H24N6O4. The number of anilines is 1. The molecule has 2 aromatic heterocycles. The maximum Gasteiger partial charge on any atom is 0.231 e. The number of carbonyl (C=O) groups excluding carboxylic acids is 2. The fourth-order valence-corrected chi connectivity index (χ4v) is 4.00. The standard InChI is InChI=1S/C25H24N6O4/c1-34-20-9-5-8-19(15-20)30-16-18(14-23(30)32)25(33)26-12-13-35-22-11-10-21-27-28-24(31(21)29-22)17-6-3-2-4-7-17/h2-11,15,18H,12-14,16H2,1H3,(H,26,33). The molecule has 35 heavy (non-hydrogen) atoms. The van der Waals surface area contributed by atoms with Gasteiger partial charge in [0.25, 0.3) is 0 Å². The van der Waals surface area contributed by atoms with Crippen molar-refractivity contribution in [3.8, 4) is 23.0 Å². The Kier molecular flexibility index (Phi) is 6.25. The molecule has 1 N–H and O–H groups in total. The zero-order chi connectivity index (χ0) is 24.2. The van der Waals surface area contributed by atoms with E-state index in [1.54, 1.807) is 34.7 Å². The highest BCUT2D eigenvalue weighted by Gasteiger charge is 2.35. The number of fused-ring (bicyclic) bond motifs is 1. The van der Waals surface area contributed by atoms with Crippen LogP contribution in [0.15, 0.2) is 66.7 Å². The van der Waals surface area contributed by atoms with E-state index in [4.69, 9.17) is 9.47 Å². The van der Waals surface area contributed by atoms with Crippen LogP contribution in [-0.4, -0.2) is 58.4 Å². The molecule has 1 atom stereocenters. The molecular weight excluding hydrogens is 448 g/mol. The van der Waals surface area contributed by atoms with Gasteiger partial charge >= 0.3 is 0 Å². The largest absolute Gasteiger partial charge is 0.497 e. The Balaban J connectivity index is 1.15. The summed E-state index contributed by atoms with van der Waals surface area (Å²) in [6, 6.07) is 20.4. The van der Waals surface area contributed by atoms with Crippen molar-refractivity contribution in [3.63, 3.8) is 0 Å². The first kappa shape index (κ1) is 22.3. The first-order valence-corrected chi connectivity index (χ1v) is 11.2. The van der Waals surface area contributed by atoms with Crippen LogP contribution in [0.2, 0.25) is 0 Å². The van der Waals surface area contributed by atoms with E-state index in [9.17, 15) is 9.59 Å². The van der Waals surface area contributed by atoms with E-state index in [1.165, 1.54) is 0 Å². The summed E-state index contributed by atoms with van der Waals surface area (Å²) >= 11 is 0. The molecule has 1 aliphatic rings. The van der Waals surface area contributed by atoms with Crippen LogP contribution in [-0.2, 0) is 9.59 Å². The van der Waals surface area contributed by atoms with Crippen LogP contribution in [0.4, 0.5) is 5.69 Å². The quantitative estimate of drug-likeness (QED) is 0.392. The predicted octanol–water partition coefficient (Wildman–Crippen LogP) is 2.35. The van der Waals surface area contributed by atoms with Crippen molar-refractivity contribution in [1.29, 1.82) is 0 Å². The van der Waals surface area contributed by atoms with E-state index < -0.39 is 5.92 Å². The fourth-order valence-electron chi connectivity index (χ4n) is 4.00. The molecule has 3 heterocycles. The van der Waals surface area contributed by atoms with Gasteiger partial charge in [-0.1, -0.05) is 36.4 Å². The summed E-state index contributed by atoms with van der Waals surface area (Å²) in [6.45, 7) is 0.843. The third-order valence-corrected chi connectivity index (χ3v) is 5.78. The number of methoxy groups -OCH3 is 1. The Labute approximate surface area is 201 Å². The predicted molar refractivity (Wildman–Crippen MR) is 128 cm³/mol. The van der Waals surface area contributed by atoms with Crippen LogP contribution in [0.3, 0.4) is 0 Å². The molecule has 178 valence electrons. The van der Waals surface area contributed by atoms with Gasteiger partial charge in [-0.05, 0) is 18.2 Å². The molecule has 0 bridgehead atoms. The van der Waals surface area contributed by atoms with Crippen molar-refractivity contribution < 1.29 is 19.1 Å². The number of amides is 2. The van der Waals surface area contributed by atoms with E-state index in [2.05, 4.69) is 20.6 Å². The Morgan fingerprint density at radius 2 is 1.94 bits per heavy atom. The third-order valence-electron chi connectivity index (χ3n) is 5.78. The maximum atomic E-state index is 12.6. The van der Waals surface area contributed by atoms with Crippen molar-refractivity contribution in [2.45, 2.75) is 6.42 Å². The van der Waals surface area contributed by atoms with Crippen LogP contribution >= 0.6 is 0 Å². The molecule has 0 aliphatic carbocycles. The van der Waals surface area contributed by atoms with E-state index >= 15 is 0 Å². The van der Waals surface area contributed by atoms with Gasteiger partial charge in [-0.25, -0.2) is 0 Å². The molecule has 10 nitrogen and oxygen atoms in total. The minimum absolute atomic E-state index is 0.0877. The number of carbonyl (C=O) groups is 2. The number of nitrogens with zero attached hydrogens (tertiary/aromatic N) is 5. The average molecular weight is 473 g/mol. The van der Waals surface area contributed by atoms with Crippen LogP contribution in [0.1, 0.15) is 6.42 Å². The molecule has 4 aromatic rings. The lowest BCUT2D eigenvalue weighted by molar-refractivity contribution is -0.126. The zero-order valence-electron chi connectivity index (χ0n) is 19.1. The summed E-state index contributed by atoms with van der Waals surface area (Å²) in [5.41, 5.74) is 2.22. The minimum Gasteiger partial charge on any atom is -0.497 e. The van der Waals surface area contributed by atoms with Crippen molar-refractivity contribution in [3.05, 3.63) is 66.7 Å². The number of benzene rings is 2. The van der Waals surface area contributed by atoms with Gasteiger partial charge < -0.3 is 19.7 Å². The fraction of sp³-hybridized carbons (Fsp3) is 0.240. The summed E-state index contributed by atoms with van der Waals surface area (Å²) in [4.78, 5) is 26.7. The first-order valence-electron chi connectivity index (χ1n) is 11.2. The van der Waals surface area contributed by atoms with Gasteiger partial charge in [-0.2, -0.15) is 4.52 Å². The summed E-state index contributed by atoms with van der Waals surface area (Å²) in [5, 5.41) is 15.7. The molecule has 0 spiro atoms. The number of aromatic nitrogens is 4. The Hall–Kier alpha value is -4.47. The molecule has 5 rings (SSSR count). The Morgan fingerprint density at radius 3 is 2.77 bits per heavy atom. The second-order valence-corrected chi connectivity index (χ2v) is 8.08. The summed E-state index contributed by atoms with van der Waals surface area (Å²) in [7, 11) is 1.57. The monoisotopic (exact) mass is 472 g/mol. The molecule has 1 saturated heterocycles. The molecule has 2 amide bonds. The van der Waals surface area contributed by atoms with Gasteiger partial charge in [-0.3, -0.25) is 9.59 Å². The molecule has 2 aromatic carbocycles. The topological polar surface area (TPSA) is 111 Å². The van der Waals surface area contributed by atoms with Crippen LogP contribution in [0, 0.1) is 5.92 Å². The van der Waals surface area contributed by atoms with Gasteiger partial charge in [0.2, 0.25) is 17.7 Å². The molecule has 1 unspecified atom stereocenters. The van der Waals surface area contributed by atoms with Gasteiger partial charge in [0, 0.05) is 36.3 Å². The summed E-state index contributed by atoms with van der Waals surface area (Å²) in [5.74, 6) is 0.981. The first-order chi connectivity index (χ1) is 17.1. The lowest BCUT2D eigenvalue weighted by Gasteiger charge is -2.17. The lowest BCUT2D eigenvalue weighted by Crippen LogP contribution is -2.35. The smallest absolute Gasteiger partial charge is 0.231 e. The number of rotatable bonds is 8. The van der Waals surface area contributed by atoms with Gasteiger partial charge in [0.15, 0.2) is 11.5 Å². The maximum absolute atomic E-state index is 12.6. The second-order valence-electron chi connectivity index (χ2n) is 8.08. The molecule has 10 heteroatoms. The number of nitrogens with one attached hydrogen (secondary N) is 1. The third kappa shape index (κ3) is 4.77. The number of hydrogen-bond donors (Lipinski definition) is 1. The zero-order valence-corrected chi connectivity index (χ0v) is 19.1. The average Bonchev–Trinajstić information content (AvgIpc) is 3.50. The SMILES string of the molecule is COc1cccc(N2CC(C(=O)NCCOc3ccc4nnc(-c5ccccc5)n4n3)CC2=O)c1. The highest BCUT2D eigenvalue weighted by Crippen LogP contribution is 2.28. The molecule has 1 fully saturated rings. The van der Waals surface area contributed by atoms with E-state index in [-0.39, 0.29) is 31.4 Å². The molecule has 1 aliphatic heterocycles. The lowest BCUT2D eigenvalue weighted by atomic mass is 10.1. The van der Waals surface area contributed by atoms with E-state index in [1.807, 2.05) is 48.5 Å². The van der Waals surface area contributed by atoms with Crippen LogP contribution < -0.4 is 19.7 Å². The minimum atomic E-state index is -0.423. The van der Waals surface area contributed by atoms with Crippen molar-refractivity contribution in [2.75, 3.05) is 31.7 Å². The summed E-state index contributed by atoms with van der Waals surface area (Å²) in [6.07, 6.45) is 0.165. The highest BCUT2D eigenvalue weighted by atomic mass is 16.5. The Morgan fingerprint density at radius 1 is 1.09 bits per heavy atom. The Bertz CT molecular complexity index is 1360. The van der Waals surface area contributed by atoms with Crippen LogP contribution in [0.5, 0.6) is 11.6 Å². The second kappa shape index (κ2) is 9.80.